The van der Waals surface area contributed by atoms with Gasteiger partial charge < -0.3 is 19.4 Å². The maximum absolute atomic E-state index is 12.4. The monoisotopic (exact) mass is 450 g/mol. The molecule has 0 N–H and O–H groups in total. The summed E-state index contributed by atoms with van der Waals surface area (Å²) < 4.78 is 7.45. The number of fused-ring (bicyclic) bond motifs is 1. The zero-order chi connectivity index (χ0) is 23.6. The summed E-state index contributed by atoms with van der Waals surface area (Å²) in [5.74, 6) is 0.995. The number of benzene rings is 1. The van der Waals surface area contributed by atoms with Gasteiger partial charge in [0.1, 0.15) is 17.1 Å². The van der Waals surface area contributed by atoms with E-state index in [1.54, 1.807) is 4.90 Å². The molecule has 1 amide bonds. The molecule has 0 aliphatic carbocycles. The largest absolute Gasteiger partial charge is 0.444 e. The molecule has 3 heterocycles. The van der Waals surface area contributed by atoms with E-state index in [1.165, 1.54) is 5.56 Å². The van der Waals surface area contributed by atoms with Gasteiger partial charge in [-0.3, -0.25) is 0 Å². The molecule has 8 heteroatoms. The molecule has 176 valence electrons. The number of carbonyl (C=O) groups is 1. The summed E-state index contributed by atoms with van der Waals surface area (Å²) >= 11 is 0. The van der Waals surface area contributed by atoms with Gasteiger partial charge in [-0.15, -0.1) is 0 Å². The fourth-order valence-corrected chi connectivity index (χ4v) is 4.29. The van der Waals surface area contributed by atoms with E-state index in [-0.39, 0.29) is 12.1 Å². The minimum Gasteiger partial charge on any atom is -0.444 e. The van der Waals surface area contributed by atoms with Gasteiger partial charge >= 0.3 is 6.09 Å². The molecule has 1 aliphatic rings. The van der Waals surface area contributed by atoms with E-state index in [0.717, 1.165) is 49.6 Å². The van der Waals surface area contributed by atoms with Crippen molar-refractivity contribution in [3.63, 3.8) is 0 Å². The minimum atomic E-state index is -0.486. The van der Waals surface area contributed by atoms with Gasteiger partial charge in [0.15, 0.2) is 5.65 Å². The van der Waals surface area contributed by atoms with Gasteiger partial charge in [0.2, 0.25) is 0 Å². The molecule has 0 saturated carbocycles. The molecule has 0 unspecified atom stereocenters. The van der Waals surface area contributed by atoms with Crippen LogP contribution in [0.15, 0.2) is 48.8 Å². The van der Waals surface area contributed by atoms with Crippen LogP contribution in [0.5, 0.6) is 0 Å². The molecule has 8 nitrogen and oxygen atoms in total. The molecule has 0 bridgehead atoms. The van der Waals surface area contributed by atoms with E-state index < -0.39 is 5.60 Å². The van der Waals surface area contributed by atoms with E-state index in [2.05, 4.69) is 51.2 Å². The summed E-state index contributed by atoms with van der Waals surface area (Å²) in [5, 5.41) is 4.67. The van der Waals surface area contributed by atoms with Crippen LogP contribution >= 0.6 is 0 Å². The van der Waals surface area contributed by atoms with Crippen LogP contribution in [0.1, 0.15) is 39.2 Å². The lowest BCUT2D eigenvalue weighted by atomic mass is 10.0. The number of piperidine rings is 1. The zero-order valence-corrected chi connectivity index (χ0v) is 20.2. The normalized spacial score (nSPS) is 15.0. The number of rotatable bonds is 5. The summed E-state index contributed by atoms with van der Waals surface area (Å²) in [6.45, 7) is 8.15. The molecule has 1 aromatic carbocycles. The second-order valence-corrected chi connectivity index (χ2v) is 9.72. The molecule has 0 atom stereocenters. The van der Waals surface area contributed by atoms with Crippen molar-refractivity contribution in [3.8, 4) is 0 Å². The quantitative estimate of drug-likeness (QED) is 0.580. The lowest BCUT2D eigenvalue weighted by molar-refractivity contribution is 0.0201. The molecule has 0 radical (unpaired) electrons. The zero-order valence-electron chi connectivity index (χ0n) is 20.2. The van der Waals surface area contributed by atoms with Crippen LogP contribution < -0.4 is 9.80 Å². The Bertz CT molecular complexity index is 1080. The fraction of sp³-hybridized carbons (Fsp3) is 0.480. The van der Waals surface area contributed by atoms with Crippen LogP contribution in [-0.2, 0) is 11.3 Å². The van der Waals surface area contributed by atoms with Crippen molar-refractivity contribution in [2.75, 3.05) is 37.0 Å². The first-order chi connectivity index (χ1) is 15.7. The summed E-state index contributed by atoms with van der Waals surface area (Å²) in [7, 11) is 3.90. The summed E-state index contributed by atoms with van der Waals surface area (Å²) in [5.41, 5.74) is 2.64. The van der Waals surface area contributed by atoms with Crippen LogP contribution in [0, 0.1) is 0 Å². The summed E-state index contributed by atoms with van der Waals surface area (Å²) in [4.78, 5) is 23.3. The first kappa shape index (κ1) is 22.9. The molecule has 33 heavy (non-hydrogen) atoms. The second kappa shape index (κ2) is 9.29. The third-order valence-corrected chi connectivity index (χ3v) is 6.05. The fourth-order valence-electron chi connectivity index (χ4n) is 4.29. The Hall–Kier alpha value is -3.29. The molecule has 1 saturated heterocycles. The van der Waals surface area contributed by atoms with Crippen molar-refractivity contribution < 1.29 is 9.53 Å². The number of ether oxygens (including phenoxy) is 1. The Labute approximate surface area is 195 Å². The van der Waals surface area contributed by atoms with Crippen molar-refractivity contribution in [1.29, 1.82) is 0 Å². The highest BCUT2D eigenvalue weighted by Gasteiger charge is 2.29. The van der Waals surface area contributed by atoms with Gasteiger partial charge in [-0.05, 0) is 45.2 Å². The summed E-state index contributed by atoms with van der Waals surface area (Å²) in [6, 6.07) is 12.6. The number of carbonyl (C=O) groups excluding carboxylic acids is 1. The molecule has 1 fully saturated rings. The third kappa shape index (κ3) is 5.21. The van der Waals surface area contributed by atoms with Gasteiger partial charge in [-0.1, -0.05) is 30.3 Å². The van der Waals surface area contributed by atoms with E-state index in [0.29, 0.717) is 0 Å². The highest BCUT2D eigenvalue weighted by Crippen LogP contribution is 2.28. The SMILES string of the molecule is CN(Cc1ccccc1)c1ccnc2c(N3CCC(N(C)C(=O)OC(C)(C)C)CC3)cnn12. The maximum Gasteiger partial charge on any atom is 0.410 e. The number of hydrogen-bond acceptors (Lipinski definition) is 6. The third-order valence-electron chi connectivity index (χ3n) is 6.05. The summed E-state index contributed by atoms with van der Waals surface area (Å²) in [6.07, 6.45) is 5.24. The molecule has 0 spiro atoms. The molecule has 4 rings (SSSR count). The second-order valence-electron chi connectivity index (χ2n) is 9.72. The highest BCUT2D eigenvalue weighted by atomic mass is 16.6. The van der Waals surface area contributed by atoms with Crippen LogP contribution in [-0.4, -0.2) is 64.4 Å². The van der Waals surface area contributed by atoms with E-state index in [9.17, 15) is 4.79 Å². The van der Waals surface area contributed by atoms with Crippen molar-refractivity contribution in [1.82, 2.24) is 19.5 Å². The van der Waals surface area contributed by atoms with Gasteiger partial charge in [-0.2, -0.15) is 9.61 Å². The number of amides is 1. The first-order valence-corrected chi connectivity index (χ1v) is 11.5. The lowest BCUT2D eigenvalue weighted by Crippen LogP contribution is -2.47. The van der Waals surface area contributed by atoms with Gasteiger partial charge in [-0.25, -0.2) is 9.78 Å². The highest BCUT2D eigenvalue weighted by molar-refractivity contribution is 5.71. The van der Waals surface area contributed by atoms with Crippen LogP contribution in [0.3, 0.4) is 0 Å². The number of hydrogen-bond donors (Lipinski definition) is 0. The molecule has 1 aliphatic heterocycles. The first-order valence-electron chi connectivity index (χ1n) is 11.5. The standard InChI is InChI=1S/C25H34N6O2/c1-25(2,3)33-24(32)29(5)20-12-15-30(16-13-20)21-17-27-31-22(11-14-26-23(21)31)28(4)18-19-9-7-6-8-10-19/h6-11,14,17,20H,12-13,15-16,18H2,1-5H3. The van der Waals surface area contributed by atoms with Crippen molar-refractivity contribution in [2.45, 2.75) is 51.8 Å². The average molecular weight is 451 g/mol. The van der Waals surface area contributed by atoms with E-state index in [4.69, 9.17) is 4.74 Å². The number of nitrogens with zero attached hydrogens (tertiary/aromatic N) is 6. The Morgan fingerprint density at radius 2 is 1.82 bits per heavy atom. The van der Waals surface area contributed by atoms with Gasteiger partial charge in [0.05, 0.1) is 6.20 Å². The predicted molar refractivity (Wildman–Crippen MR) is 131 cm³/mol. The Balaban J connectivity index is 1.45. The Morgan fingerprint density at radius 1 is 1.12 bits per heavy atom. The maximum atomic E-state index is 12.4. The van der Waals surface area contributed by atoms with Crippen molar-refractivity contribution in [3.05, 3.63) is 54.4 Å². The molecule has 2 aromatic heterocycles. The Morgan fingerprint density at radius 3 is 2.48 bits per heavy atom. The van der Waals surface area contributed by atoms with Gasteiger partial charge in [0, 0.05) is 46.0 Å². The number of anilines is 2. The number of aromatic nitrogens is 3. The van der Waals surface area contributed by atoms with Crippen molar-refractivity contribution in [2.24, 2.45) is 0 Å². The van der Waals surface area contributed by atoms with Crippen molar-refractivity contribution >= 4 is 23.2 Å². The topological polar surface area (TPSA) is 66.2 Å². The lowest BCUT2D eigenvalue weighted by Gasteiger charge is -2.37. The van der Waals surface area contributed by atoms with E-state index in [1.807, 2.05) is 56.9 Å². The minimum absolute atomic E-state index is 0.165. The molecular formula is C25H34N6O2. The average Bonchev–Trinajstić information content (AvgIpc) is 3.22. The van der Waals surface area contributed by atoms with Crippen LogP contribution in [0.25, 0.3) is 5.65 Å². The van der Waals surface area contributed by atoms with Gasteiger partial charge in [0.25, 0.3) is 0 Å². The molecular weight excluding hydrogens is 416 g/mol. The Kier molecular flexibility index (Phi) is 6.44. The molecule has 3 aromatic rings. The van der Waals surface area contributed by atoms with E-state index >= 15 is 0 Å². The smallest absolute Gasteiger partial charge is 0.410 e. The van der Waals surface area contributed by atoms with Crippen LogP contribution in [0.4, 0.5) is 16.3 Å². The van der Waals surface area contributed by atoms with Crippen LogP contribution in [0.2, 0.25) is 0 Å². The predicted octanol–water partition coefficient (Wildman–Crippen LogP) is 4.20.